The SMILES string of the molecule is CSc1ncccc1C(=O)N1CCC(CNC(=O)C(=O)Nc2ccc(F)c([N+](=O)[O-])c2)CC1. The molecule has 1 aromatic carbocycles. The molecule has 12 heteroatoms. The first kappa shape index (κ1) is 24.1. The number of aromatic nitrogens is 1. The van der Waals surface area contributed by atoms with Gasteiger partial charge in [-0.05, 0) is 49.3 Å². The molecule has 174 valence electrons. The molecule has 1 saturated heterocycles. The van der Waals surface area contributed by atoms with Crippen LogP contribution < -0.4 is 10.6 Å². The zero-order valence-corrected chi connectivity index (χ0v) is 18.6. The molecule has 1 aromatic heterocycles. The van der Waals surface area contributed by atoms with E-state index in [-0.39, 0.29) is 24.1 Å². The number of pyridine rings is 1. The second-order valence-corrected chi connectivity index (χ2v) is 8.18. The molecule has 1 aliphatic heterocycles. The van der Waals surface area contributed by atoms with Crippen molar-refractivity contribution >= 4 is 40.9 Å². The number of benzene rings is 1. The van der Waals surface area contributed by atoms with Crippen molar-refractivity contribution in [2.24, 2.45) is 5.92 Å². The number of carbonyl (C=O) groups excluding carboxylic acids is 3. The van der Waals surface area contributed by atoms with Crippen LogP contribution >= 0.6 is 11.8 Å². The summed E-state index contributed by atoms with van der Waals surface area (Å²) in [6, 6.07) is 6.30. The van der Waals surface area contributed by atoms with E-state index in [9.17, 15) is 28.9 Å². The van der Waals surface area contributed by atoms with E-state index in [1.165, 1.54) is 11.8 Å². The third-order valence-corrected chi connectivity index (χ3v) is 5.97. The van der Waals surface area contributed by atoms with Crippen molar-refractivity contribution in [2.45, 2.75) is 17.9 Å². The van der Waals surface area contributed by atoms with Crippen molar-refractivity contribution in [3.63, 3.8) is 0 Å². The minimum Gasteiger partial charge on any atom is -0.348 e. The van der Waals surface area contributed by atoms with E-state index in [1.54, 1.807) is 23.2 Å². The molecule has 0 radical (unpaired) electrons. The van der Waals surface area contributed by atoms with Crippen molar-refractivity contribution in [1.29, 1.82) is 0 Å². The van der Waals surface area contributed by atoms with Gasteiger partial charge in [0.2, 0.25) is 5.82 Å². The monoisotopic (exact) mass is 475 g/mol. The lowest BCUT2D eigenvalue weighted by Gasteiger charge is -2.32. The Morgan fingerprint density at radius 3 is 2.64 bits per heavy atom. The van der Waals surface area contributed by atoms with Gasteiger partial charge in [-0.25, -0.2) is 4.98 Å². The molecule has 3 amide bonds. The fourth-order valence-corrected chi connectivity index (χ4v) is 4.00. The van der Waals surface area contributed by atoms with E-state index in [1.807, 2.05) is 6.26 Å². The lowest BCUT2D eigenvalue weighted by molar-refractivity contribution is -0.387. The highest BCUT2D eigenvalue weighted by Gasteiger charge is 2.26. The van der Waals surface area contributed by atoms with Crippen LogP contribution in [0.4, 0.5) is 15.8 Å². The van der Waals surface area contributed by atoms with Crippen molar-refractivity contribution in [3.05, 3.63) is 58.0 Å². The standard InChI is InChI=1S/C21H22FN5O5S/c1-33-20-15(3-2-8-23-20)21(30)26-9-6-13(7-10-26)12-24-18(28)19(29)25-14-4-5-16(22)17(11-14)27(31)32/h2-5,8,11,13H,6-7,9-10,12H2,1H3,(H,24,28)(H,25,29). The van der Waals surface area contributed by atoms with Gasteiger partial charge < -0.3 is 15.5 Å². The Bertz CT molecular complexity index is 1070. The van der Waals surface area contributed by atoms with Crippen molar-refractivity contribution < 1.29 is 23.7 Å². The van der Waals surface area contributed by atoms with Crippen LogP contribution in [0.25, 0.3) is 0 Å². The highest BCUT2D eigenvalue weighted by Crippen LogP contribution is 2.23. The fourth-order valence-electron chi connectivity index (χ4n) is 3.46. The number of nitrogens with zero attached hydrogens (tertiary/aromatic N) is 3. The number of nitrogens with one attached hydrogen (secondary N) is 2. The number of hydrogen-bond donors (Lipinski definition) is 2. The first-order valence-electron chi connectivity index (χ1n) is 10.1. The molecule has 33 heavy (non-hydrogen) atoms. The van der Waals surface area contributed by atoms with Gasteiger partial charge in [-0.15, -0.1) is 11.8 Å². The van der Waals surface area contributed by atoms with Gasteiger partial charge in [-0.2, -0.15) is 4.39 Å². The Hall–Kier alpha value is -3.54. The molecule has 0 bridgehead atoms. The lowest BCUT2D eigenvalue weighted by atomic mass is 9.96. The number of nitro benzene ring substituents is 1. The molecule has 0 spiro atoms. The summed E-state index contributed by atoms with van der Waals surface area (Å²) in [6.45, 7) is 1.29. The topological polar surface area (TPSA) is 135 Å². The number of piperidine rings is 1. The first-order chi connectivity index (χ1) is 15.8. The molecule has 3 rings (SSSR count). The molecule has 2 heterocycles. The predicted molar refractivity (Wildman–Crippen MR) is 119 cm³/mol. The highest BCUT2D eigenvalue weighted by molar-refractivity contribution is 7.98. The summed E-state index contributed by atoms with van der Waals surface area (Å²) in [6.07, 6.45) is 4.83. The Kier molecular flexibility index (Phi) is 7.93. The average Bonchev–Trinajstić information content (AvgIpc) is 2.83. The Morgan fingerprint density at radius 2 is 1.97 bits per heavy atom. The highest BCUT2D eigenvalue weighted by atomic mass is 32.2. The zero-order chi connectivity index (χ0) is 24.0. The van der Waals surface area contributed by atoms with Gasteiger partial charge in [0.1, 0.15) is 5.03 Å². The summed E-state index contributed by atoms with van der Waals surface area (Å²) in [5.41, 5.74) is -0.296. The fraction of sp³-hybridized carbons (Fsp3) is 0.333. The molecule has 2 aromatic rings. The number of hydrogen-bond acceptors (Lipinski definition) is 7. The van der Waals surface area contributed by atoms with Gasteiger partial charge in [0.05, 0.1) is 10.5 Å². The molecule has 1 aliphatic rings. The van der Waals surface area contributed by atoms with Gasteiger partial charge >= 0.3 is 17.5 Å². The molecule has 0 atom stereocenters. The van der Waals surface area contributed by atoms with E-state index < -0.39 is 28.2 Å². The smallest absolute Gasteiger partial charge is 0.313 e. The van der Waals surface area contributed by atoms with Crippen LogP contribution in [0.2, 0.25) is 0 Å². The number of carbonyl (C=O) groups is 3. The third-order valence-electron chi connectivity index (χ3n) is 5.25. The normalized spacial score (nSPS) is 13.9. The summed E-state index contributed by atoms with van der Waals surface area (Å²) in [7, 11) is 0. The first-order valence-corrected chi connectivity index (χ1v) is 11.3. The summed E-state index contributed by atoms with van der Waals surface area (Å²) in [4.78, 5) is 52.8. The van der Waals surface area contributed by atoms with Gasteiger partial charge in [0.25, 0.3) is 5.91 Å². The van der Waals surface area contributed by atoms with Crippen LogP contribution in [0, 0.1) is 21.8 Å². The summed E-state index contributed by atoms with van der Waals surface area (Å²) >= 11 is 1.41. The molecule has 0 aliphatic carbocycles. The molecular formula is C21H22FN5O5S. The second kappa shape index (κ2) is 10.9. The van der Waals surface area contributed by atoms with E-state index in [0.29, 0.717) is 36.5 Å². The Balaban J connectivity index is 1.47. The summed E-state index contributed by atoms with van der Waals surface area (Å²) < 4.78 is 13.4. The van der Waals surface area contributed by atoms with Crippen LogP contribution in [0.1, 0.15) is 23.2 Å². The number of halogens is 1. The van der Waals surface area contributed by atoms with Crippen LogP contribution in [0.15, 0.2) is 41.6 Å². The van der Waals surface area contributed by atoms with Crippen LogP contribution in [-0.2, 0) is 9.59 Å². The summed E-state index contributed by atoms with van der Waals surface area (Å²) in [5, 5.41) is 16.2. The molecule has 1 fully saturated rings. The number of nitro groups is 1. The molecule has 0 unspecified atom stereocenters. The number of rotatable bonds is 6. The molecule has 0 saturated carbocycles. The maximum Gasteiger partial charge on any atom is 0.313 e. The maximum atomic E-state index is 13.4. The minimum atomic E-state index is -1.04. The minimum absolute atomic E-state index is 0.0601. The third kappa shape index (κ3) is 6.04. The quantitative estimate of drug-likeness (QED) is 0.284. The predicted octanol–water partition coefficient (Wildman–Crippen LogP) is 2.46. The zero-order valence-electron chi connectivity index (χ0n) is 17.7. The van der Waals surface area contributed by atoms with Crippen LogP contribution in [0.5, 0.6) is 0 Å². The number of thioether (sulfide) groups is 1. The van der Waals surface area contributed by atoms with E-state index in [4.69, 9.17) is 0 Å². The largest absolute Gasteiger partial charge is 0.348 e. The van der Waals surface area contributed by atoms with Gasteiger partial charge in [-0.1, -0.05) is 0 Å². The Morgan fingerprint density at radius 1 is 1.24 bits per heavy atom. The van der Waals surface area contributed by atoms with Crippen molar-refractivity contribution in [3.8, 4) is 0 Å². The maximum absolute atomic E-state index is 13.4. The number of likely N-dealkylation sites (tertiary alicyclic amines) is 1. The number of anilines is 1. The van der Waals surface area contributed by atoms with Gasteiger partial charge in [-0.3, -0.25) is 24.5 Å². The average molecular weight is 476 g/mol. The van der Waals surface area contributed by atoms with Gasteiger partial charge in [0.15, 0.2) is 0 Å². The molecule has 10 nitrogen and oxygen atoms in total. The number of amides is 3. The van der Waals surface area contributed by atoms with Crippen LogP contribution in [-0.4, -0.2) is 58.4 Å². The van der Waals surface area contributed by atoms with Crippen molar-refractivity contribution in [1.82, 2.24) is 15.2 Å². The Labute approximate surface area is 193 Å². The molecule has 2 N–H and O–H groups in total. The van der Waals surface area contributed by atoms with E-state index in [0.717, 1.165) is 18.2 Å². The van der Waals surface area contributed by atoms with Crippen molar-refractivity contribution in [2.75, 3.05) is 31.2 Å². The van der Waals surface area contributed by atoms with Crippen LogP contribution in [0.3, 0.4) is 0 Å². The second-order valence-electron chi connectivity index (χ2n) is 7.38. The van der Waals surface area contributed by atoms with E-state index >= 15 is 0 Å². The lowest BCUT2D eigenvalue weighted by Crippen LogP contribution is -2.43. The summed E-state index contributed by atoms with van der Waals surface area (Å²) in [5.74, 6) is -2.94. The van der Waals surface area contributed by atoms with Gasteiger partial charge in [0, 0.05) is 37.6 Å². The molecular weight excluding hydrogens is 453 g/mol. The van der Waals surface area contributed by atoms with E-state index in [2.05, 4.69) is 15.6 Å².